The number of aliphatic hydroxyl groups excluding tert-OH is 1. The van der Waals surface area contributed by atoms with Crippen molar-refractivity contribution in [3.05, 3.63) is 58.6 Å². The van der Waals surface area contributed by atoms with Crippen LogP contribution in [-0.4, -0.2) is 51.4 Å². The summed E-state index contributed by atoms with van der Waals surface area (Å²) in [6, 6.07) is 11.9. The molecule has 0 saturated carbocycles. The van der Waals surface area contributed by atoms with Crippen LogP contribution >= 0.6 is 0 Å². The Balaban J connectivity index is 1.50. The fraction of sp³-hybridized carbons (Fsp3) is 0.421. The summed E-state index contributed by atoms with van der Waals surface area (Å²) in [6.07, 6.45) is 2.24. The van der Waals surface area contributed by atoms with E-state index in [4.69, 9.17) is 14.6 Å². The SMILES string of the molecule is O=c1nc(N=C2CCCN2Cc2ccccc2)ccn1C1COC(CO)O1. The molecule has 8 heteroatoms. The Morgan fingerprint density at radius 3 is 2.85 bits per heavy atom. The summed E-state index contributed by atoms with van der Waals surface area (Å²) in [6.45, 7) is 1.69. The molecule has 2 unspecified atom stereocenters. The highest BCUT2D eigenvalue weighted by Crippen LogP contribution is 2.21. The number of hydrogen-bond acceptors (Lipinski definition) is 6. The summed E-state index contributed by atoms with van der Waals surface area (Å²) < 4.78 is 12.0. The Morgan fingerprint density at radius 1 is 1.26 bits per heavy atom. The smallest absolute Gasteiger partial charge is 0.351 e. The predicted molar refractivity (Wildman–Crippen MR) is 98.6 cm³/mol. The minimum Gasteiger partial charge on any atom is -0.391 e. The van der Waals surface area contributed by atoms with Gasteiger partial charge >= 0.3 is 5.69 Å². The van der Waals surface area contributed by atoms with E-state index in [-0.39, 0.29) is 13.2 Å². The fourth-order valence-electron chi connectivity index (χ4n) is 3.32. The van der Waals surface area contributed by atoms with Gasteiger partial charge in [0.05, 0.1) is 13.2 Å². The quantitative estimate of drug-likeness (QED) is 0.857. The molecule has 2 aromatic rings. The van der Waals surface area contributed by atoms with Gasteiger partial charge in [0, 0.05) is 25.7 Å². The maximum Gasteiger partial charge on any atom is 0.351 e. The third-order valence-electron chi connectivity index (χ3n) is 4.66. The van der Waals surface area contributed by atoms with Gasteiger partial charge in [0.1, 0.15) is 5.84 Å². The molecule has 2 fully saturated rings. The number of aliphatic imine (C=N–C) groups is 1. The maximum absolute atomic E-state index is 12.3. The van der Waals surface area contributed by atoms with Gasteiger partial charge < -0.3 is 19.5 Å². The van der Waals surface area contributed by atoms with Crippen molar-refractivity contribution in [2.75, 3.05) is 19.8 Å². The van der Waals surface area contributed by atoms with Gasteiger partial charge in [-0.05, 0) is 18.1 Å². The molecule has 2 atom stereocenters. The van der Waals surface area contributed by atoms with Crippen molar-refractivity contribution in [3.8, 4) is 0 Å². The molecule has 8 nitrogen and oxygen atoms in total. The van der Waals surface area contributed by atoms with Gasteiger partial charge in [-0.2, -0.15) is 4.98 Å². The highest BCUT2D eigenvalue weighted by Gasteiger charge is 2.27. The molecule has 0 amide bonds. The number of aromatic nitrogens is 2. The van der Waals surface area contributed by atoms with Crippen molar-refractivity contribution in [1.29, 1.82) is 0 Å². The number of likely N-dealkylation sites (tertiary alicyclic amines) is 1. The number of rotatable bonds is 5. The molecule has 4 rings (SSSR count). The van der Waals surface area contributed by atoms with Gasteiger partial charge in [-0.25, -0.2) is 9.79 Å². The zero-order valence-electron chi connectivity index (χ0n) is 14.9. The van der Waals surface area contributed by atoms with Crippen LogP contribution in [0.3, 0.4) is 0 Å². The van der Waals surface area contributed by atoms with E-state index in [0.29, 0.717) is 5.82 Å². The fourth-order valence-corrected chi connectivity index (χ4v) is 3.32. The van der Waals surface area contributed by atoms with E-state index >= 15 is 0 Å². The van der Waals surface area contributed by atoms with Crippen LogP contribution in [0.5, 0.6) is 0 Å². The topological polar surface area (TPSA) is 89.2 Å². The zero-order chi connectivity index (χ0) is 18.6. The van der Waals surface area contributed by atoms with Crippen molar-refractivity contribution in [2.24, 2.45) is 4.99 Å². The first-order chi connectivity index (χ1) is 13.2. The van der Waals surface area contributed by atoms with Gasteiger partial charge in [0.15, 0.2) is 18.3 Å². The van der Waals surface area contributed by atoms with Crippen molar-refractivity contribution in [2.45, 2.75) is 31.9 Å². The summed E-state index contributed by atoms with van der Waals surface area (Å²) in [5, 5.41) is 9.06. The Labute approximate surface area is 156 Å². The van der Waals surface area contributed by atoms with E-state index in [2.05, 4.69) is 27.0 Å². The molecule has 3 heterocycles. The first kappa shape index (κ1) is 17.8. The lowest BCUT2D eigenvalue weighted by Crippen LogP contribution is -2.28. The molecule has 1 aromatic heterocycles. The van der Waals surface area contributed by atoms with Crippen LogP contribution in [0.15, 0.2) is 52.4 Å². The van der Waals surface area contributed by atoms with E-state index in [1.165, 1.54) is 10.1 Å². The largest absolute Gasteiger partial charge is 0.391 e. The average molecular weight is 370 g/mol. The third-order valence-corrected chi connectivity index (χ3v) is 4.66. The van der Waals surface area contributed by atoms with Crippen LogP contribution in [-0.2, 0) is 16.0 Å². The monoisotopic (exact) mass is 370 g/mol. The predicted octanol–water partition coefficient (Wildman–Crippen LogP) is 1.43. The van der Waals surface area contributed by atoms with Crippen LogP contribution in [0.1, 0.15) is 24.6 Å². The molecular formula is C19H22N4O4. The van der Waals surface area contributed by atoms with Crippen LogP contribution < -0.4 is 5.69 Å². The van der Waals surface area contributed by atoms with Gasteiger partial charge in [0.2, 0.25) is 0 Å². The molecule has 0 spiro atoms. The third kappa shape index (κ3) is 4.08. The average Bonchev–Trinajstić information content (AvgIpc) is 3.33. The van der Waals surface area contributed by atoms with E-state index < -0.39 is 18.2 Å². The number of hydrogen-bond donors (Lipinski definition) is 1. The van der Waals surface area contributed by atoms with E-state index in [0.717, 1.165) is 31.8 Å². The second-order valence-electron chi connectivity index (χ2n) is 6.55. The van der Waals surface area contributed by atoms with Crippen molar-refractivity contribution < 1.29 is 14.6 Å². The molecule has 142 valence electrons. The zero-order valence-corrected chi connectivity index (χ0v) is 14.9. The Hall–Kier alpha value is -2.55. The van der Waals surface area contributed by atoms with E-state index in [1.807, 2.05) is 18.2 Å². The molecule has 2 saturated heterocycles. The summed E-state index contributed by atoms with van der Waals surface area (Å²) >= 11 is 0. The molecule has 0 radical (unpaired) electrons. The number of ether oxygens (including phenoxy) is 2. The highest BCUT2D eigenvalue weighted by atomic mass is 16.7. The molecule has 2 aliphatic rings. The van der Waals surface area contributed by atoms with Crippen molar-refractivity contribution in [1.82, 2.24) is 14.5 Å². The maximum atomic E-state index is 12.3. The van der Waals surface area contributed by atoms with Crippen LogP contribution in [0.4, 0.5) is 5.82 Å². The summed E-state index contributed by atoms with van der Waals surface area (Å²) in [5.41, 5.74) is 0.781. The Morgan fingerprint density at radius 2 is 2.11 bits per heavy atom. The number of nitrogens with zero attached hydrogens (tertiary/aromatic N) is 4. The van der Waals surface area contributed by atoms with Gasteiger partial charge in [-0.3, -0.25) is 4.57 Å². The second kappa shape index (κ2) is 7.99. The molecule has 0 bridgehead atoms. The first-order valence-electron chi connectivity index (χ1n) is 9.06. The lowest BCUT2D eigenvalue weighted by atomic mass is 10.2. The first-order valence-corrected chi connectivity index (χ1v) is 9.06. The van der Waals surface area contributed by atoms with Gasteiger partial charge in [0.25, 0.3) is 0 Å². The van der Waals surface area contributed by atoms with Gasteiger partial charge in [-0.1, -0.05) is 30.3 Å². The van der Waals surface area contributed by atoms with Crippen molar-refractivity contribution >= 4 is 11.7 Å². The lowest BCUT2D eigenvalue weighted by molar-refractivity contribution is -0.0992. The van der Waals surface area contributed by atoms with Crippen molar-refractivity contribution in [3.63, 3.8) is 0 Å². The molecule has 2 aliphatic heterocycles. The lowest BCUT2D eigenvalue weighted by Gasteiger charge is -2.19. The highest BCUT2D eigenvalue weighted by molar-refractivity contribution is 5.86. The summed E-state index contributed by atoms with van der Waals surface area (Å²) in [7, 11) is 0. The van der Waals surface area contributed by atoms with Crippen LogP contribution in [0.25, 0.3) is 0 Å². The molecule has 1 aromatic carbocycles. The molecule has 0 aliphatic carbocycles. The Kier molecular flexibility index (Phi) is 5.28. The van der Waals surface area contributed by atoms with E-state index in [1.54, 1.807) is 12.3 Å². The second-order valence-corrected chi connectivity index (χ2v) is 6.55. The van der Waals surface area contributed by atoms with E-state index in [9.17, 15) is 4.79 Å². The number of amidine groups is 1. The summed E-state index contributed by atoms with van der Waals surface area (Å²) in [4.78, 5) is 23.2. The molecule has 1 N–H and O–H groups in total. The minimum atomic E-state index is -0.702. The number of benzene rings is 1. The van der Waals surface area contributed by atoms with Crippen LogP contribution in [0, 0.1) is 0 Å². The molecular weight excluding hydrogens is 348 g/mol. The summed E-state index contributed by atoms with van der Waals surface area (Å²) in [5.74, 6) is 1.34. The Bertz CT molecular complexity index is 868. The minimum absolute atomic E-state index is 0.200. The standard InChI is InChI=1S/C19H22N4O4/c24-12-18-26-13-17(27-18)23-10-8-15(21-19(23)25)20-16-7-4-9-22(16)11-14-5-2-1-3-6-14/h1-3,5-6,8,10,17-18,24H,4,7,9,11-13H2. The van der Waals surface area contributed by atoms with Gasteiger partial charge in [-0.15, -0.1) is 0 Å². The normalized spacial score (nSPS) is 24.0. The van der Waals surface area contributed by atoms with Crippen LogP contribution in [0.2, 0.25) is 0 Å². The molecule has 27 heavy (non-hydrogen) atoms. The number of aliphatic hydroxyl groups is 1.